The van der Waals surface area contributed by atoms with Gasteiger partial charge in [-0.2, -0.15) is 0 Å². The number of nitrogens with two attached hydrogens (primary N) is 1. The number of carbonyl (C=O) groups is 5. The summed E-state index contributed by atoms with van der Waals surface area (Å²) in [5.41, 5.74) is 8.96. The highest BCUT2D eigenvalue weighted by Crippen LogP contribution is 2.21. The molecule has 0 aliphatic rings. The fourth-order valence-electron chi connectivity index (χ4n) is 5.39. The van der Waals surface area contributed by atoms with E-state index in [1.165, 1.54) is 0 Å². The van der Waals surface area contributed by atoms with Gasteiger partial charge in [-0.1, -0.05) is 50.2 Å². The van der Waals surface area contributed by atoms with Crippen LogP contribution in [0.3, 0.4) is 0 Å². The van der Waals surface area contributed by atoms with Crippen LogP contribution in [0.1, 0.15) is 44.2 Å². The van der Waals surface area contributed by atoms with E-state index in [1.807, 2.05) is 62.4 Å². The van der Waals surface area contributed by atoms with Crippen LogP contribution >= 0.6 is 0 Å². The number of aromatic amines is 2. The number of carboxylic acid groups (broad SMARTS) is 2. The van der Waals surface area contributed by atoms with Gasteiger partial charge in [0.25, 0.3) is 0 Å². The van der Waals surface area contributed by atoms with Gasteiger partial charge in [0.2, 0.25) is 17.7 Å². The van der Waals surface area contributed by atoms with E-state index in [0.717, 1.165) is 27.4 Å². The maximum Gasteiger partial charge on any atom is 0.326 e. The molecule has 2 aromatic carbocycles. The Kier molecular flexibility index (Phi) is 11.2. The number of carbonyl (C=O) groups excluding carboxylic acids is 3. The Morgan fingerprint density at radius 2 is 1.20 bits per heavy atom. The second-order valence-electron chi connectivity index (χ2n) is 11.8. The summed E-state index contributed by atoms with van der Waals surface area (Å²) >= 11 is 0. The first-order valence-corrected chi connectivity index (χ1v) is 15.1. The van der Waals surface area contributed by atoms with Crippen molar-refractivity contribution in [2.24, 2.45) is 11.7 Å². The first kappa shape index (κ1) is 33.7. The molecule has 4 rings (SSSR count). The van der Waals surface area contributed by atoms with Gasteiger partial charge >= 0.3 is 11.9 Å². The molecule has 4 aromatic rings. The van der Waals surface area contributed by atoms with Crippen LogP contribution in [-0.2, 0) is 36.8 Å². The van der Waals surface area contributed by atoms with Crippen LogP contribution in [0.15, 0.2) is 60.9 Å². The van der Waals surface area contributed by atoms with Gasteiger partial charge in [0.05, 0.1) is 6.04 Å². The van der Waals surface area contributed by atoms with Crippen molar-refractivity contribution in [3.05, 3.63) is 72.1 Å². The monoisotopic (exact) mass is 632 g/mol. The number of hydrogen-bond acceptors (Lipinski definition) is 6. The van der Waals surface area contributed by atoms with E-state index in [0.29, 0.717) is 5.56 Å². The largest absolute Gasteiger partial charge is 0.481 e. The Bertz CT molecular complexity index is 1710. The zero-order valence-electron chi connectivity index (χ0n) is 25.7. The number of carboxylic acids is 2. The Hall–Kier alpha value is -5.17. The van der Waals surface area contributed by atoms with Gasteiger partial charge < -0.3 is 41.9 Å². The van der Waals surface area contributed by atoms with E-state index in [4.69, 9.17) is 10.8 Å². The molecule has 244 valence electrons. The molecule has 2 heterocycles. The number of fused-ring (bicyclic) bond motifs is 2. The molecule has 46 heavy (non-hydrogen) atoms. The SMILES string of the molecule is CC(C)CC(NC(=O)C(N)CCC(=O)O)C(=O)NC(Cc1c[nH]c2ccccc12)C(=O)NC(Cc1c[nH]c2ccccc12)C(=O)O. The summed E-state index contributed by atoms with van der Waals surface area (Å²) in [6.45, 7) is 3.71. The van der Waals surface area contributed by atoms with Crippen LogP contribution in [0.25, 0.3) is 21.8 Å². The molecule has 2 aromatic heterocycles. The fraction of sp³-hybridized carbons (Fsp3) is 0.364. The van der Waals surface area contributed by atoms with Crippen molar-refractivity contribution >= 4 is 51.5 Å². The lowest BCUT2D eigenvalue weighted by atomic mass is 9.99. The maximum absolute atomic E-state index is 13.8. The number of nitrogens with one attached hydrogen (secondary N) is 5. The van der Waals surface area contributed by atoms with Gasteiger partial charge in [0.1, 0.15) is 18.1 Å². The molecule has 0 saturated heterocycles. The third kappa shape index (κ3) is 8.72. The third-order valence-corrected chi connectivity index (χ3v) is 7.79. The summed E-state index contributed by atoms with van der Waals surface area (Å²) in [7, 11) is 0. The van der Waals surface area contributed by atoms with E-state index >= 15 is 0 Å². The van der Waals surface area contributed by atoms with Gasteiger partial charge in [0, 0.05) is 53.5 Å². The van der Waals surface area contributed by atoms with Gasteiger partial charge in [-0.15, -0.1) is 0 Å². The molecule has 0 radical (unpaired) electrons. The molecule has 4 unspecified atom stereocenters. The minimum absolute atomic E-state index is 0.000891. The molecule has 0 bridgehead atoms. The molecule has 13 heteroatoms. The quantitative estimate of drug-likeness (QED) is 0.0913. The predicted octanol–water partition coefficient (Wildman–Crippen LogP) is 2.21. The zero-order chi connectivity index (χ0) is 33.4. The van der Waals surface area contributed by atoms with Crippen molar-refractivity contribution in [1.82, 2.24) is 25.9 Å². The number of aromatic nitrogens is 2. The van der Waals surface area contributed by atoms with Crippen molar-refractivity contribution < 1.29 is 34.2 Å². The second kappa shape index (κ2) is 15.2. The number of para-hydroxylation sites is 2. The van der Waals surface area contributed by atoms with E-state index < -0.39 is 53.8 Å². The van der Waals surface area contributed by atoms with E-state index in [2.05, 4.69) is 25.9 Å². The number of amides is 3. The summed E-state index contributed by atoms with van der Waals surface area (Å²) in [4.78, 5) is 69.8. The highest BCUT2D eigenvalue weighted by molar-refractivity contribution is 5.95. The summed E-state index contributed by atoms with van der Waals surface area (Å²) in [6.07, 6.45) is 3.25. The minimum Gasteiger partial charge on any atom is -0.481 e. The van der Waals surface area contributed by atoms with Gasteiger partial charge in [-0.3, -0.25) is 19.2 Å². The lowest BCUT2D eigenvalue weighted by molar-refractivity contribution is -0.142. The summed E-state index contributed by atoms with van der Waals surface area (Å²) in [5, 5.41) is 28.6. The topological polar surface area (TPSA) is 219 Å². The lowest BCUT2D eigenvalue weighted by Gasteiger charge is -2.26. The average molecular weight is 633 g/mol. The van der Waals surface area contributed by atoms with Crippen LogP contribution in [0, 0.1) is 5.92 Å². The molecule has 0 fully saturated rings. The first-order valence-electron chi connectivity index (χ1n) is 15.1. The molecule has 4 atom stereocenters. The second-order valence-corrected chi connectivity index (χ2v) is 11.8. The van der Waals surface area contributed by atoms with Crippen molar-refractivity contribution in [3.8, 4) is 0 Å². The summed E-state index contributed by atoms with van der Waals surface area (Å²) in [5.74, 6) is -4.44. The molecular weight excluding hydrogens is 592 g/mol. The molecular formula is C33H40N6O7. The smallest absolute Gasteiger partial charge is 0.326 e. The number of aliphatic carboxylic acids is 2. The number of rotatable bonds is 16. The van der Waals surface area contributed by atoms with Crippen LogP contribution < -0.4 is 21.7 Å². The van der Waals surface area contributed by atoms with Crippen LogP contribution in [0.2, 0.25) is 0 Å². The van der Waals surface area contributed by atoms with Crippen molar-refractivity contribution in [2.75, 3.05) is 0 Å². The summed E-state index contributed by atoms with van der Waals surface area (Å²) < 4.78 is 0. The van der Waals surface area contributed by atoms with Crippen LogP contribution in [-0.4, -0.2) is 74.0 Å². The highest BCUT2D eigenvalue weighted by atomic mass is 16.4. The van der Waals surface area contributed by atoms with Crippen molar-refractivity contribution in [2.45, 2.75) is 70.1 Å². The molecule has 13 nitrogen and oxygen atoms in total. The number of H-pyrrole nitrogens is 2. The Morgan fingerprint density at radius 1 is 0.717 bits per heavy atom. The standard InChI is InChI=1S/C33H40N6O7/c1-18(2)13-26(37-30(42)23(34)11-12-29(40)41)31(43)38-27(14-19-16-35-24-9-5-3-7-21(19)24)32(44)39-28(33(45)46)15-20-17-36-25-10-6-4-8-22(20)25/h3-10,16-18,23,26-28,35-36H,11-15,34H2,1-2H3,(H,37,42)(H,38,43)(H,39,44)(H,40,41)(H,45,46). The van der Waals surface area contributed by atoms with E-state index in [1.54, 1.807) is 12.4 Å². The number of hydrogen-bond donors (Lipinski definition) is 8. The fourth-order valence-corrected chi connectivity index (χ4v) is 5.39. The van der Waals surface area contributed by atoms with Crippen molar-refractivity contribution in [1.29, 1.82) is 0 Å². The molecule has 0 aliphatic carbocycles. The molecule has 9 N–H and O–H groups in total. The molecule has 0 spiro atoms. The zero-order valence-corrected chi connectivity index (χ0v) is 25.7. The van der Waals surface area contributed by atoms with Crippen LogP contribution in [0.5, 0.6) is 0 Å². The Morgan fingerprint density at radius 3 is 1.72 bits per heavy atom. The van der Waals surface area contributed by atoms with Crippen molar-refractivity contribution in [3.63, 3.8) is 0 Å². The Balaban J connectivity index is 1.57. The van der Waals surface area contributed by atoms with Gasteiger partial charge in [-0.25, -0.2) is 4.79 Å². The highest BCUT2D eigenvalue weighted by Gasteiger charge is 2.32. The average Bonchev–Trinajstić information content (AvgIpc) is 3.62. The number of benzene rings is 2. The Labute approximate surface area is 265 Å². The first-order chi connectivity index (χ1) is 21.9. The van der Waals surface area contributed by atoms with Gasteiger partial charge in [0.15, 0.2) is 0 Å². The van der Waals surface area contributed by atoms with Gasteiger partial charge in [-0.05, 0) is 42.0 Å². The maximum atomic E-state index is 13.8. The van der Waals surface area contributed by atoms with E-state index in [9.17, 15) is 29.1 Å². The molecule has 3 amide bonds. The predicted molar refractivity (Wildman–Crippen MR) is 172 cm³/mol. The molecule has 0 aliphatic heterocycles. The normalized spacial score (nSPS) is 14.0. The molecule has 0 saturated carbocycles. The third-order valence-electron chi connectivity index (χ3n) is 7.79. The van der Waals surface area contributed by atoms with E-state index in [-0.39, 0.29) is 38.0 Å². The lowest BCUT2D eigenvalue weighted by Crippen LogP contribution is -2.58. The summed E-state index contributed by atoms with van der Waals surface area (Å²) in [6, 6.07) is 10.1. The van der Waals surface area contributed by atoms with Crippen LogP contribution in [0.4, 0.5) is 0 Å². The minimum atomic E-state index is -1.30.